The standard InChI is InChI=1S/C9H11F2N5O3/c10-9(11)7(18)5(3-17)19-8(9)15-2-1-6-12-13-14-16(6)4-15/h1-2,5,7-8,17-18H,3-4H2/t5-,7-,8-/m1/s1. The summed E-state index contributed by atoms with van der Waals surface area (Å²) in [6.07, 6.45) is -2.21. The zero-order valence-electron chi connectivity index (χ0n) is 9.60. The van der Waals surface area contributed by atoms with E-state index in [0.717, 1.165) is 0 Å². The largest absolute Gasteiger partial charge is 0.394 e. The van der Waals surface area contributed by atoms with Crippen molar-refractivity contribution in [1.29, 1.82) is 0 Å². The van der Waals surface area contributed by atoms with Crippen molar-refractivity contribution in [3.63, 3.8) is 0 Å². The predicted molar refractivity (Wildman–Crippen MR) is 55.4 cm³/mol. The number of ether oxygens (including phenoxy) is 1. The van der Waals surface area contributed by atoms with Crippen LogP contribution in [0.3, 0.4) is 0 Å². The zero-order chi connectivity index (χ0) is 13.6. The third kappa shape index (κ3) is 1.79. The van der Waals surface area contributed by atoms with Gasteiger partial charge in [-0.05, 0) is 10.4 Å². The van der Waals surface area contributed by atoms with Crippen LogP contribution in [0, 0.1) is 0 Å². The van der Waals surface area contributed by atoms with Crippen molar-refractivity contribution in [2.45, 2.75) is 31.0 Å². The minimum atomic E-state index is -3.50. The Morgan fingerprint density at radius 2 is 2.32 bits per heavy atom. The summed E-state index contributed by atoms with van der Waals surface area (Å²) in [7, 11) is 0. The van der Waals surface area contributed by atoms with Gasteiger partial charge in [0, 0.05) is 12.3 Å². The molecule has 2 N–H and O–H groups in total. The second kappa shape index (κ2) is 4.18. The van der Waals surface area contributed by atoms with E-state index in [0.29, 0.717) is 5.82 Å². The average molecular weight is 275 g/mol. The third-order valence-electron chi connectivity index (χ3n) is 3.13. The number of rotatable bonds is 2. The Labute approximate surface area is 105 Å². The fourth-order valence-corrected chi connectivity index (χ4v) is 2.11. The van der Waals surface area contributed by atoms with E-state index in [-0.39, 0.29) is 6.67 Å². The van der Waals surface area contributed by atoms with Crippen LogP contribution in [-0.4, -0.2) is 66.3 Å². The Balaban J connectivity index is 1.84. The van der Waals surface area contributed by atoms with Crippen molar-refractivity contribution in [1.82, 2.24) is 25.1 Å². The van der Waals surface area contributed by atoms with Gasteiger partial charge < -0.3 is 19.8 Å². The first-order valence-corrected chi connectivity index (χ1v) is 5.56. The molecule has 0 amide bonds. The molecule has 0 bridgehead atoms. The number of aliphatic hydroxyl groups is 2. The SMILES string of the molecule is OC[C@H]1O[C@@H](N2C=Cc3nnnn3C2)C(F)(F)[C@@H]1O. The summed E-state index contributed by atoms with van der Waals surface area (Å²) in [6.45, 7) is -0.703. The van der Waals surface area contributed by atoms with Crippen LogP contribution in [0.5, 0.6) is 0 Å². The van der Waals surface area contributed by atoms with Crippen molar-refractivity contribution in [2.24, 2.45) is 0 Å². The van der Waals surface area contributed by atoms with E-state index in [4.69, 9.17) is 9.84 Å². The maximum atomic E-state index is 13.9. The molecular weight excluding hydrogens is 264 g/mol. The van der Waals surface area contributed by atoms with Gasteiger partial charge in [-0.1, -0.05) is 0 Å². The highest BCUT2D eigenvalue weighted by Gasteiger charge is 2.60. The minimum Gasteiger partial charge on any atom is -0.394 e. The van der Waals surface area contributed by atoms with Crippen LogP contribution in [0.2, 0.25) is 0 Å². The van der Waals surface area contributed by atoms with E-state index in [2.05, 4.69) is 15.5 Å². The maximum Gasteiger partial charge on any atom is 0.319 e. The quantitative estimate of drug-likeness (QED) is 0.687. The van der Waals surface area contributed by atoms with Gasteiger partial charge in [0.1, 0.15) is 12.8 Å². The van der Waals surface area contributed by atoms with E-state index >= 15 is 0 Å². The molecule has 10 heteroatoms. The second-order valence-corrected chi connectivity index (χ2v) is 4.34. The monoisotopic (exact) mass is 275 g/mol. The first-order valence-electron chi connectivity index (χ1n) is 5.56. The lowest BCUT2D eigenvalue weighted by molar-refractivity contribution is -0.163. The fourth-order valence-electron chi connectivity index (χ4n) is 2.11. The number of aliphatic hydroxyl groups excluding tert-OH is 2. The molecule has 0 aliphatic carbocycles. The normalized spacial score (nSPS) is 32.6. The van der Waals surface area contributed by atoms with Gasteiger partial charge in [0.15, 0.2) is 18.2 Å². The summed E-state index contributed by atoms with van der Waals surface area (Å²) in [5.74, 6) is -3.06. The van der Waals surface area contributed by atoms with E-state index in [9.17, 15) is 13.9 Å². The molecule has 1 saturated heterocycles. The number of alkyl halides is 2. The number of halogens is 2. The van der Waals surface area contributed by atoms with Crippen molar-refractivity contribution in [3.8, 4) is 0 Å². The third-order valence-corrected chi connectivity index (χ3v) is 3.13. The van der Waals surface area contributed by atoms with Gasteiger partial charge in [-0.15, -0.1) is 5.10 Å². The first-order chi connectivity index (χ1) is 9.04. The number of tetrazole rings is 1. The number of fused-ring (bicyclic) bond motifs is 1. The molecule has 2 aliphatic rings. The molecule has 0 radical (unpaired) electrons. The van der Waals surface area contributed by atoms with Gasteiger partial charge in [0.25, 0.3) is 0 Å². The number of nitrogens with zero attached hydrogens (tertiary/aromatic N) is 5. The highest BCUT2D eigenvalue weighted by molar-refractivity contribution is 5.39. The molecule has 0 spiro atoms. The molecule has 0 aromatic carbocycles. The second-order valence-electron chi connectivity index (χ2n) is 4.34. The Morgan fingerprint density at radius 3 is 3.00 bits per heavy atom. The number of aromatic nitrogens is 4. The molecule has 1 aromatic heterocycles. The van der Waals surface area contributed by atoms with Crippen LogP contribution < -0.4 is 0 Å². The summed E-state index contributed by atoms with van der Waals surface area (Å²) < 4.78 is 34.1. The van der Waals surface area contributed by atoms with Crippen molar-refractivity contribution >= 4 is 6.08 Å². The molecule has 0 saturated carbocycles. The molecule has 8 nitrogen and oxygen atoms in total. The highest BCUT2D eigenvalue weighted by atomic mass is 19.3. The van der Waals surface area contributed by atoms with Crippen LogP contribution >= 0.6 is 0 Å². The molecule has 1 aromatic rings. The summed E-state index contributed by atoms with van der Waals surface area (Å²) in [5, 5.41) is 29.1. The molecule has 0 unspecified atom stereocenters. The summed E-state index contributed by atoms with van der Waals surface area (Å²) in [4.78, 5) is 1.17. The lowest BCUT2D eigenvalue weighted by atomic mass is 10.1. The number of hydrogen-bond donors (Lipinski definition) is 2. The Bertz CT molecular complexity index is 508. The van der Waals surface area contributed by atoms with Gasteiger partial charge in [0.05, 0.1) is 6.61 Å². The molecule has 3 heterocycles. The molecule has 19 heavy (non-hydrogen) atoms. The van der Waals surface area contributed by atoms with Crippen LogP contribution in [-0.2, 0) is 11.4 Å². The molecule has 1 fully saturated rings. The molecular formula is C9H11F2N5O3. The van der Waals surface area contributed by atoms with Gasteiger partial charge in [-0.2, -0.15) is 8.78 Å². The topological polar surface area (TPSA) is 96.5 Å². The Hall–Kier alpha value is -1.65. The number of hydrogen-bond acceptors (Lipinski definition) is 7. The molecule has 3 atom stereocenters. The Morgan fingerprint density at radius 1 is 1.53 bits per heavy atom. The highest BCUT2D eigenvalue weighted by Crippen LogP contribution is 2.38. The smallest absolute Gasteiger partial charge is 0.319 e. The van der Waals surface area contributed by atoms with Gasteiger partial charge in [-0.3, -0.25) is 0 Å². The predicted octanol–water partition coefficient (Wildman–Crippen LogP) is -1.37. The Kier molecular flexibility index (Phi) is 2.73. The molecule has 2 aliphatic heterocycles. The van der Waals surface area contributed by atoms with E-state index in [1.165, 1.54) is 21.9 Å². The maximum absolute atomic E-state index is 13.9. The van der Waals surface area contributed by atoms with Gasteiger partial charge >= 0.3 is 5.92 Å². The van der Waals surface area contributed by atoms with Crippen molar-refractivity contribution in [2.75, 3.05) is 6.61 Å². The van der Waals surface area contributed by atoms with Crippen molar-refractivity contribution in [3.05, 3.63) is 12.0 Å². The lowest BCUT2D eigenvalue weighted by Crippen LogP contribution is -2.48. The van der Waals surface area contributed by atoms with Crippen molar-refractivity contribution < 1.29 is 23.7 Å². The molecule has 104 valence electrons. The van der Waals surface area contributed by atoms with E-state index in [1.54, 1.807) is 0 Å². The summed E-state index contributed by atoms with van der Waals surface area (Å²) in [5.41, 5.74) is 0. The van der Waals surface area contributed by atoms with E-state index < -0.39 is 31.0 Å². The van der Waals surface area contributed by atoms with Crippen LogP contribution in [0.1, 0.15) is 5.82 Å². The summed E-state index contributed by atoms with van der Waals surface area (Å²) >= 11 is 0. The lowest BCUT2D eigenvalue weighted by Gasteiger charge is -2.32. The zero-order valence-corrected chi connectivity index (χ0v) is 9.60. The first kappa shape index (κ1) is 12.4. The van der Waals surface area contributed by atoms with Crippen LogP contribution in [0.25, 0.3) is 6.08 Å². The molecule has 3 rings (SSSR count). The fraction of sp³-hybridized carbons (Fsp3) is 0.667. The summed E-state index contributed by atoms with van der Waals surface area (Å²) in [6, 6.07) is 0. The van der Waals surface area contributed by atoms with Gasteiger partial charge in [-0.25, -0.2) is 4.68 Å². The van der Waals surface area contributed by atoms with E-state index in [1.807, 2.05) is 0 Å². The average Bonchev–Trinajstić information content (AvgIpc) is 2.93. The van der Waals surface area contributed by atoms with Crippen LogP contribution in [0.15, 0.2) is 6.20 Å². The minimum absolute atomic E-state index is 0.0239. The van der Waals surface area contributed by atoms with Gasteiger partial charge in [0.2, 0.25) is 0 Å². The van der Waals surface area contributed by atoms with Crippen LogP contribution in [0.4, 0.5) is 8.78 Å².